The maximum absolute atomic E-state index is 12.2. The third kappa shape index (κ3) is 12.8. The molecule has 0 bridgehead atoms. The molecule has 27 heavy (non-hydrogen) atoms. The number of methoxy groups -OCH3 is 1. The van der Waals surface area contributed by atoms with Crippen LogP contribution in [-0.4, -0.2) is 55.9 Å². The largest absolute Gasteiger partial charge is 0.469 e. The number of carbonyl (C=O) groups is 3. The van der Waals surface area contributed by atoms with Crippen molar-refractivity contribution in [2.75, 3.05) is 20.2 Å². The van der Waals surface area contributed by atoms with Crippen LogP contribution in [0.3, 0.4) is 0 Å². The van der Waals surface area contributed by atoms with Crippen LogP contribution in [0.15, 0.2) is 10.2 Å². The molecule has 0 fully saturated rings. The summed E-state index contributed by atoms with van der Waals surface area (Å²) in [5, 5.41) is 11.6. The molecule has 0 heterocycles. The quantitative estimate of drug-likeness (QED) is 0.251. The van der Waals surface area contributed by atoms with Gasteiger partial charge in [-0.1, -0.05) is 10.2 Å². The van der Waals surface area contributed by atoms with Crippen LogP contribution in [0.25, 0.3) is 20.9 Å². The van der Waals surface area contributed by atoms with E-state index in [4.69, 9.17) is 15.8 Å². The van der Waals surface area contributed by atoms with Crippen LogP contribution in [0.5, 0.6) is 0 Å². The minimum Gasteiger partial charge on any atom is -0.469 e. The van der Waals surface area contributed by atoms with Gasteiger partial charge in [0, 0.05) is 41.4 Å². The Morgan fingerprint density at radius 3 is 1.96 bits per heavy atom. The highest BCUT2D eigenvalue weighted by Crippen LogP contribution is 2.07. The number of amides is 2. The lowest BCUT2D eigenvalue weighted by molar-refractivity contribution is -0.141. The third-order valence-corrected chi connectivity index (χ3v) is 2.89. The average Bonchev–Trinajstić information content (AvgIpc) is 2.55. The van der Waals surface area contributed by atoms with Gasteiger partial charge in [0.15, 0.2) is 0 Å². The molecule has 13 heteroatoms. The molecule has 13 nitrogen and oxygen atoms in total. The van der Waals surface area contributed by atoms with Crippen LogP contribution < -0.4 is 10.6 Å². The van der Waals surface area contributed by atoms with E-state index in [2.05, 4.69) is 35.4 Å². The van der Waals surface area contributed by atoms with Crippen molar-refractivity contribution in [3.63, 3.8) is 0 Å². The normalized spacial score (nSPS) is 12.4. The molecule has 0 saturated heterocycles. The summed E-state index contributed by atoms with van der Waals surface area (Å²) >= 11 is 0. The van der Waals surface area contributed by atoms with Gasteiger partial charge in [0.1, 0.15) is 5.60 Å². The summed E-state index contributed by atoms with van der Waals surface area (Å²) < 4.78 is 9.62. The van der Waals surface area contributed by atoms with Crippen molar-refractivity contribution in [2.24, 2.45) is 10.2 Å². The molecule has 2 N–H and O–H groups in total. The fourth-order valence-corrected chi connectivity index (χ4v) is 1.86. The number of hydrogen-bond donors (Lipinski definition) is 2. The summed E-state index contributed by atoms with van der Waals surface area (Å²) in [6, 6.07) is -1.60. The second kappa shape index (κ2) is 12.2. The van der Waals surface area contributed by atoms with E-state index in [1.807, 2.05) is 0 Å². The zero-order chi connectivity index (χ0) is 20.9. The molecule has 0 unspecified atom stereocenters. The van der Waals surface area contributed by atoms with Gasteiger partial charge in [-0.3, -0.25) is 9.59 Å². The average molecular weight is 384 g/mol. The Hall–Kier alpha value is -3.17. The fourth-order valence-electron chi connectivity index (χ4n) is 1.86. The molecular formula is C14H24N8O5. The summed E-state index contributed by atoms with van der Waals surface area (Å²) in [7, 11) is 1.19. The first-order chi connectivity index (χ1) is 12.6. The Balaban J connectivity index is 4.92. The van der Waals surface area contributed by atoms with Crippen LogP contribution >= 0.6 is 0 Å². The molecule has 0 aromatic rings. The molecule has 2 amide bonds. The molecular weight excluding hydrogens is 360 g/mol. The van der Waals surface area contributed by atoms with E-state index in [0.717, 1.165) is 0 Å². The lowest BCUT2D eigenvalue weighted by atomic mass is 10.1. The summed E-state index contributed by atoms with van der Waals surface area (Å²) in [6.07, 6.45) is -1.21. The molecule has 2 atom stereocenters. The number of nitrogens with one attached hydrogen (secondary N) is 2. The molecule has 0 aliphatic rings. The number of alkyl carbamates (subject to hydrolysis) is 1. The highest BCUT2D eigenvalue weighted by molar-refractivity contribution is 5.79. The van der Waals surface area contributed by atoms with Crippen LogP contribution in [0.2, 0.25) is 0 Å². The van der Waals surface area contributed by atoms with Crippen molar-refractivity contribution in [1.82, 2.24) is 10.6 Å². The monoisotopic (exact) mass is 384 g/mol. The van der Waals surface area contributed by atoms with Gasteiger partial charge in [0.25, 0.3) is 0 Å². The molecule has 0 aromatic heterocycles. The number of nitrogens with zero attached hydrogens (tertiary/aromatic N) is 6. The smallest absolute Gasteiger partial charge is 0.407 e. The minimum absolute atomic E-state index is 0.155. The molecule has 0 aliphatic carbocycles. The Morgan fingerprint density at radius 2 is 1.52 bits per heavy atom. The van der Waals surface area contributed by atoms with Crippen molar-refractivity contribution >= 4 is 18.0 Å². The minimum atomic E-state index is -0.825. The predicted octanol–water partition coefficient (Wildman–Crippen LogP) is 1.94. The van der Waals surface area contributed by atoms with Gasteiger partial charge in [-0.2, -0.15) is 0 Å². The highest BCUT2D eigenvalue weighted by Gasteiger charge is 2.23. The first kappa shape index (κ1) is 23.8. The van der Waals surface area contributed by atoms with Crippen molar-refractivity contribution in [2.45, 2.75) is 51.3 Å². The van der Waals surface area contributed by atoms with E-state index in [-0.39, 0.29) is 25.9 Å². The van der Waals surface area contributed by atoms with E-state index in [9.17, 15) is 14.4 Å². The maximum atomic E-state index is 12.2. The molecule has 0 spiro atoms. The van der Waals surface area contributed by atoms with Crippen LogP contribution in [0.1, 0.15) is 33.6 Å². The van der Waals surface area contributed by atoms with Gasteiger partial charge >= 0.3 is 12.1 Å². The topological polar surface area (TPSA) is 191 Å². The lowest BCUT2D eigenvalue weighted by Gasteiger charge is -2.23. The third-order valence-electron chi connectivity index (χ3n) is 2.89. The number of hydrogen-bond acceptors (Lipinski definition) is 7. The van der Waals surface area contributed by atoms with Gasteiger partial charge < -0.3 is 20.1 Å². The number of azide groups is 2. The Kier molecular flexibility index (Phi) is 10.8. The van der Waals surface area contributed by atoms with Gasteiger partial charge in [-0.05, 0) is 31.8 Å². The van der Waals surface area contributed by atoms with Crippen LogP contribution in [-0.2, 0) is 19.1 Å². The number of esters is 1. The first-order valence-electron chi connectivity index (χ1n) is 7.98. The Bertz CT molecular complexity index is 619. The summed E-state index contributed by atoms with van der Waals surface area (Å²) in [5.41, 5.74) is 16.1. The van der Waals surface area contributed by atoms with Gasteiger partial charge in [-0.25, -0.2) is 4.79 Å². The fraction of sp³-hybridized carbons (Fsp3) is 0.786. The maximum Gasteiger partial charge on any atom is 0.407 e. The van der Waals surface area contributed by atoms with Crippen molar-refractivity contribution in [3.05, 3.63) is 20.9 Å². The summed E-state index contributed by atoms with van der Waals surface area (Å²) in [6.45, 7) is 4.69. The number of ether oxygens (including phenoxy) is 2. The second-order valence-corrected chi connectivity index (χ2v) is 6.42. The predicted molar refractivity (Wildman–Crippen MR) is 94.4 cm³/mol. The Morgan fingerprint density at radius 1 is 1.00 bits per heavy atom. The van der Waals surface area contributed by atoms with Gasteiger partial charge in [0.2, 0.25) is 5.91 Å². The summed E-state index contributed by atoms with van der Waals surface area (Å²) in [4.78, 5) is 40.6. The van der Waals surface area contributed by atoms with Gasteiger partial charge in [-0.15, -0.1) is 0 Å². The van der Waals surface area contributed by atoms with Crippen molar-refractivity contribution < 1.29 is 23.9 Å². The number of carbonyl (C=O) groups excluding carboxylic acids is 3. The molecule has 0 saturated carbocycles. The van der Waals surface area contributed by atoms with Crippen LogP contribution in [0.4, 0.5) is 4.79 Å². The molecule has 150 valence electrons. The first-order valence-corrected chi connectivity index (χ1v) is 7.98. The Labute approximate surface area is 156 Å². The SMILES string of the molecule is COC(=O)C[C@@H](CN=[N+]=[N-])NC(=O)C[C@@H](CN=[N+]=[N-])NC(=O)OC(C)(C)C. The molecule has 0 rings (SSSR count). The standard InChI is InChI=1S/C14H24N8O5/c1-14(2,3)27-13(25)20-9(7-17-21-15)5-11(23)19-10(8-18-22-16)6-12(24)26-4/h9-10H,5-8H2,1-4H3,(H,19,23)(H,20,25)/t9-,10-/m0/s1. The van der Waals surface area contributed by atoms with E-state index < -0.39 is 35.7 Å². The highest BCUT2D eigenvalue weighted by atomic mass is 16.6. The second-order valence-electron chi connectivity index (χ2n) is 6.42. The van der Waals surface area contributed by atoms with E-state index in [0.29, 0.717) is 0 Å². The van der Waals surface area contributed by atoms with E-state index >= 15 is 0 Å². The molecule has 0 aliphatic heterocycles. The van der Waals surface area contributed by atoms with E-state index in [1.165, 1.54) is 7.11 Å². The number of rotatable bonds is 10. The summed E-state index contributed by atoms with van der Waals surface area (Å²) in [5.74, 6) is -1.14. The van der Waals surface area contributed by atoms with Crippen molar-refractivity contribution in [1.29, 1.82) is 0 Å². The van der Waals surface area contributed by atoms with Crippen LogP contribution in [0, 0.1) is 0 Å². The lowest BCUT2D eigenvalue weighted by Crippen LogP contribution is -2.45. The van der Waals surface area contributed by atoms with Gasteiger partial charge in [0.05, 0.1) is 13.5 Å². The molecule has 0 aromatic carbocycles. The van der Waals surface area contributed by atoms with E-state index in [1.54, 1.807) is 20.8 Å². The van der Waals surface area contributed by atoms with Crippen molar-refractivity contribution in [3.8, 4) is 0 Å². The zero-order valence-electron chi connectivity index (χ0n) is 15.7. The molecule has 0 radical (unpaired) electrons. The zero-order valence-corrected chi connectivity index (χ0v) is 15.7.